The molecular weight excluding hydrogens is 324 g/mol. The van der Waals surface area contributed by atoms with E-state index in [0.717, 1.165) is 19.3 Å². The molecule has 0 aromatic heterocycles. The van der Waals surface area contributed by atoms with Gasteiger partial charge >= 0.3 is 0 Å². The predicted octanol–water partition coefficient (Wildman–Crippen LogP) is 3.72. The number of hydrogen-bond donors (Lipinski definition) is 1. The Balaban J connectivity index is 2.05. The molecular formula is C22H30O2Si. The zero-order valence-corrected chi connectivity index (χ0v) is 16.6. The predicted molar refractivity (Wildman–Crippen MR) is 107 cm³/mol. The largest absolute Gasteiger partial charge is 0.407 e. The molecule has 2 nitrogen and oxygen atoms in total. The molecule has 0 bridgehead atoms. The van der Waals surface area contributed by atoms with E-state index in [9.17, 15) is 5.11 Å². The number of hydrogen-bond acceptors (Lipinski definition) is 2. The molecule has 3 heteroatoms. The van der Waals surface area contributed by atoms with Crippen molar-refractivity contribution in [3.8, 4) is 0 Å². The number of benzene rings is 2. The second-order valence-electron chi connectivity index (χ2n) is 8.23. The van der Waals surface area contributed by atoms with Crippen LogP contribution < -0.4 is 10.4 Å². The Morgan fingerprint density at radius 3 is 1.84 bits per heavy atom. The van der Waals surface area contributed by atoms with Gasteiger partial charge in [0.05, 0.1) is 6.10 Å². The molecule has 0 radical (unpaired) electrons. The van der Waals surface area contributed by atoms with Gasteiger partial charge in [-0.15, -0.1) is 0 Å². The van der Waals surface area contributed by atoms with Gasteiger partial charge in [0.2, 0.25) is 0 Å². The minimum atomic E-state index is -2.46. The van der Waals surface area contributed by atoms with Gasteiger partial charge in [-0.1, -0.05) is 87.9 Å². The minimum absolute atomic E-state index is 0.000731. The van der Waals surface area contributed by atoms with Gasteiger partial charge in [0.1, 0.15) is 0 Å². The Morgan fingerprint density at radius 1 is 0.920 bits per heavy atom. The third-order valence-electron chi connectivity index (χ3n) is 5.55. The van der Waals surface area contributed by atoms with Crippen molar-refractivity contribution in [2.75, 3.05) is 6.61 Å². The lowest BCUT2D eigenvalue weighted by Crippen LogP contribution is -2.67. The first-order valence-electron chi connectivity index (χ1n) is 9.38. The van der Waals surface area contributed by atoms with Gasteiger partial charge in [0.15, 0.2) is 0 Å². The minimum Gasteiger partial charge on any atom is -0.407 e. The summed E-state index contributed by atoms with van der Waals surface area (Å²) in [6.07, 6.45) is 2.88. The third-order valence-corrected chi connectivity index (χ3v) is 10.6. The van der Waals surface area contributed by atoms with Crippen LogP contribution in [0.1, 0.15) is 40.0 Å². The Morgan fingerprint density at radius 2 is 1.44 bits per heavy atom. The molecule has 0 amide bonds. The topological polar surface area (TPSA) is 29.5 Å². The van der Waals surface area contributed by atoms with E-state index in [1.54, 1.807) is 0 Å². The van der Waals surface area contributed by atoms with E-state index in [1.807, 2.05) is 0 Å². The van der Waals surface area contributed by atoms with Crippen molar-refractivity contribution in [2.24, 2.45) is 5.92 Å². The van der Waals surface area contributed by atoms with Gasteiger partial charge < -0.3 is 9.53 Å². The van der Waals surface area contributed by atoms with E-state index in [2.05, 4.69) is 81.4 Å². The average molecular weight is 355 g/mol. The summed E-state index contributed by atoms with van der Waals surface area (Å²) < 4.78 is 6.90. The molecule has 0 heterocycles. The third kappa shape index (κ3) is 3.59. The standard InChI is InChI=1S/C22H30O2Si/c1-22(2,3)25(19-12-6-4-7-13-19,20-14-8-5-9-15-20)24-17-18-11-10-16-21(18)23/h4-9,12-15,18,21,23H,10-11,16-17H2,1-3H3/t18-,21?/m0/s1. The van der Waals surface area contributed by atoms with Gasteiger partial charge in [-0.05, 0) is 28.3 Å². The van der Waals surface area contributed by atoms with E-state index in [4.69, 9.17) is 4.43 Å². The van der Waals surface area contributed by atoms with Crippen LogP contribution in [0.5, 0.6) is 0 Å². The van der Waals surface area contributed by atoms with Crippen molar-refractivity contribution in [1.82, 2.24) is 0 Å². The summed E-state index contributed by atoms with van der Waals surface area (Å²) >= 11 is 0. The Bertz CT molecular complexity index is 624. The van der Waals surface area contributed by atoms with Crippen LogP contribution in [0.2, 0.25) is 5.04 Å². The van der Waals surface area contributed by atoms with Crippen LogP contribution in [-0.2, 0) is 4.43 Å². The zero-order chi connectivity index (χ0) is 17.9. The quantitative estimate of drug-likeness (QED) is 0.829. The van der Waals surface area contributed by atoms with E-state index in [1.165, 1.54) is 10.4 Å². The molecule has 3 rings (SSSR count). The molecule has 0 saturated heterocycles. The number of aliphatic hydroxyl groups is 1. The van der Waals surface area contributed by atoms with Gasteiger partial charge in [0.25, 0.3) is 8.32 Å². The van der Waals surface area contributed by atoms with Crippen LogP contribution in [0.25, 0.3) is 0 Å². The fourth-order valence-electron chi connectivity index (χ4n) is 4.21. The molecule has 1 saturated carbocycles. The zero-order valence-electron chi connectivity index (χ0n) is 15.6. The number of aliphatic hydroxyl groups excluding tert-OH is 1. The van der Waals surface area contributed by atoms with Gasteiger partial charge in [0, 0.05) is 12.5 Å². The van der Waals surface area contributed by atoms with Crippen LogP contribution in [0.4, 0.5) is 0 Å². The summed E-state index contributed by atoms with van der Waals surface area (Å²) in [6, 6.07) is 21.4. The van der Waals surface area contributed by atoms with Crippen LogP contribution in [0.15, 0.2) is 60.7 Å². The van der Waals surface area contributed by atoms with Gasteiger partial charge in [-0.25, -0.2) is 0 Å². The van der Waals surface area contributed by atoms with E-state index in [-0.39, 0.29) is 17.1 Å². The molecule has 1 N–H and O–H groups in total. The number of rotatable bonds is 5. The van der Waals surface area contributed by atoms with Crippen molar-refractivity contribution in [3.05, 3.63) is 60.7 Å². The normalized spacial score (nSPS) is 21.4. The fourth-order valence-corrected chi connectivity index (χ4v) is 8.82. The molecule has 1 fully saturated rings. The molecule has 2 atom stereocenters. The Hall–Kier alpha value is -1.42. The first-order valence-corrected chi connectivity index (χ1v) is 11.3. The molecule has 2 aromatic rings. The summed E-state index contributed by atoms with van der Waals surface area (Å²) in [5, 5.41) is 12.9. The molecule has 1 unspecified atom stereocenters. The lowest BCUT2D eigenvalue weighted by molar-refractivity contribution is 0.0954. The van der Waals surface area contributed by atoms with Crippen LogP contribution in [-0.4, -0.2) is 26.1 Å². The van der Waals surface area contributed by atoms with Crippen molar-refractivity contribution in [3.63, 3.8) is 0 Å². The second-order valence-corrected chi connectivity index (χ2v) is 12.5. The average Bonchev–Trinajstić information content (AvgIpc) is 3.01. The monoisotopic (exact) mass is 354 g/mol. The molecule has 134 valence electrons. The van der Waals surface area contributed by atoms with Gasteiger partial charge in [-0.3, -0.25) is 0 Å². The Labute approximate surface area is 153 Å². The highest BCUT2D eigenvalue weighted by atomic mass is 28.4. The summed E-state index contributed by atoms with van der Waals surface area (Å²) in [5.74, 6) is 0.265. The lowest BCUT2D eigenvalue weighted by atomic mass is 10.1. The Kier molecular flexibility index (Phi) is 5.47. The maximum absolute atomic E-state index is 10.3. The molecule has 1 aliphatic carbocycles. The van der Waals surface area contributed by atoms with Gasteiger partial charge in [-0.2, -0.15) is 0 Å². The summed E-state index contributed by atoms with van der Waals surface area (Å²) in [7, 11) is -2.46. The first-order chi connectivity index (χ1) is 11.9. The molecule has 0 spiro atoms. The maximum Gasteiger partial charge on any atom is 0.261 e. The highest BCUT2D eigenvalue weighted by Gasteiger charge is 2.50. The smallest absolute Gasteiger partial charge is 0.261 e. The summed E-state index contributed by atoms with van der Waals surface area (Å²) in [5.41, 5.74) is 0. The highest BCUT2D eigenvalue weighted by molar-refractivity contribution is 6.99. The summed E-state index contributed by atoms with van der Waals surface area (Å²) in [6.45, 7) is 7.54. The van der Waals surface area contributed by atoms with Crippen LogP contribution >= 0.6 is 0 Å². The SMILES string of the molecule is CC(C)(C)[Si](OC[C@@H]1CCCC1O)(c1ccccc1)c1ccccc1. The van der Waals surface area contributed by atoms with E-state index < -0.39 is 8.32 Å². The molecule has 0 aliphatic heterocycles. The fraction of sp³-hybridized carbons (Fsp3) is 0.455. The molecule has 2 aromatic carbocycles. The van der Waals surface area contributed by atoms with Crippen molar-refractivity contribution < 1.29 is 9.53 Å². The highest BCUT2D eigenvalue weighted by Crippen LogP contribution is 2.38. The second kappa shape index (κ2) is 7.44. The molecule has 1 aliphatic rings. The van der Waals surface area contributed by atoms with E-state index in [0.29, 0.717) is 6.61 Å². The van der Waals surface area contributed by atoms with Crippen molar-refractivity contribution >= 4 is 18.7 Å². The summed E-state index contributed by atoms with van der Waals surface area (Å²) in [4.78, 5) is 0. The molecule has 25 heavy (non-hydrogen) atoms. The first kappa shape index (κ1) is 18.4. The van der Waals surface area contributed by atoms with Crippen molar-refractivity contribution in [2.45, 2.75) is 51.2 Å². The van der Waals surface area contributed by atoms with Crippen LogP contribution in [0, 0.1) is 5.92 Å². The van der Waals surface area contributed by atoms with Crippen molar-refractivity contribution in [1.29, 1.82) is 0 Å². The lowest BCUT2D eigenvalue weighted by Gasteiger charge is -2.43. The van der Waals surface area contributed by atoms with Crippen LogP contribution in [0.3, 0.4) is 0 Å². The van der Waals surface area contributed by atoms with E-state index >= 15 is 0 Å². The maximum atomic E-state index is 10.3.